The average molecular weight is 306 g/mol. The molecule has 18 heavy (non-hydrogen) atoms. The maximum Gasteiger partial charge on any atom is 0.311 e. The number of aromatic nitrogens is 1. The Morgan fingerprint density at radius 1 is 1.28 bits per heavy atom. The summed E-state index contributed by atoms with van der Waals surface area (Å²) in [5, 5.41) is 9.33. The van der Waals surface area contributed by atoms with E-state index in [0.29, 0.717) is 6.42 Å². The Morgan fingerprint density at radius 3 is 2.56 bits per heavy atom. The Hall–Kier alpha value is -1.68. The number of carboxylic acids is 1. The lowest BCUT2D eigenvalue weighted by Crippen LogP contribution is -2.14. The van der Waals surface area contributed by atoms with Gasteiger partial charge in [0.1, 0.15) is 0 Å². The van der Waals surface area contributed by atoms with Crippen LogP contribution in [-0.2, 0) is 11.2 Å². The molecule has 4 heteroatoms. The summed E-state index contributed by atoms with van der Waals surface area (Å²) in [5.41, 5.74) is 1.72. The first-order chi connectivity index (χ1) is 8.66. The van der Waals surface area contributed by atoms with E-state index in [1.54, 1.807) is 12.4 Å². The molecule has 1 N–H and O–H groups in total. The zero-order valence-corrected chi connectivity index (χ0v) is 11.2. The molecule has 0 fully saturated rings. The summed E-state index contributed by atoms with van der Waals surface area (Å²) in [5.74, 6) is -1.36. The van der Waals surface area contributed by atoms with Crippen LogP contribution in [0.2, 0.25) is 0 Å². The lowest BCUT2D eigenvalue weighted by Gasteiger charge is -2.12. The molecule has 1 unspecified atom stereocenters. The molecule has 2 rings (SSSR count). The monoisotopic (exact) mass is 305 g/mol. The highest BCUT2D eigenvalue weighted by molar-refractivity contribution is 9.10. The van der Waals surface area contributed by atoms with E-state index in [1.165, 1.54) is 0 Å². The van der Waals surface area contributed by atoms with Crippen molar-refractivity contribution in [2.75, 3.05) is 0 Å². The lowest BCUT2D eigenvalue weighted by molar-refractivity contribution is -0.138. The number of rotatable bonds is 4. The minimum Gasteiger partial charge on any atom is -0.481 e. The number of carbonyl (C=O) groups is 1. The third-order valence-corrected chi connectivity index (χ3v) is 3.26. The number of hydrogen-bond acceptors (Lipinski definition) is 2. The topological polar surface area (TPSA) is 50.2 Å². The number of pyridine rings is 1. The van der Waals surface area contributed by atoms with Gasteiger partial charge in [-0.2, -0.15) is 0 Å². The molecular weight excluding hydrogens is 294 g/mol. The van der Waals surface area contributed by atoms with Crippen LogP contribution < -0.4 is 0 Å². The molecule has 0 saturated carbocycles. The van der Waals surface area contributed by atoms with E-state index >= 15 is 0 Å². The van der Waals surface area contributed by atoms with Crippen molar-refractivity contribution in [1.29, 1.82) is 0 Å². The van der Waals surface area contributed by atoms with Crippen molar-refractivity contribution >= 4 is 21.9 Å². The fourth-order valence-electron chi connectivity index (χ4n) is 1.80. The zero-order valence-electron chi connectivity index (χ0n) is 9.58. The van der Waals surface area contributed by atoms with Gasteiger partial charge in [0.2, 0.25) is 0 Å². The van der Waals surface area contributed by atoms with Crippen LogP contribution in [-0.4, -0.2) is 16.1 Å². The van der Waals surface area contributed by atoms with Crippen molar-refractivity contribution in [3.05, 3.63) is 64.4 Å². The Labute approximate surface area is 114 Å². The molecule has 1 aromatic heterocycles. The molecule has 2 aromatic rings. The van der Waals surface area contributed by atoms with Crippen molar-refractivity contribution in [2.45, 2.75) is 12.3 Å². The average Bonchev–Trinajstić information content (AvgIpc) is 2.38. The first-order valence-corrected chi connectivity index (χ1v) is 6.33. The highest BCUT2D eigenvalue weighted by Gasteiger charge is 2.20. The molecule has 0 bridgehead atoms. The molecule has 1 aromatic carbocycles. The van der Waals surface area contributed by atoms with Crippen LogP contribution >= 0.6 is 15.9 Å². The zero-order chi connectivity index (χ0) is 13.0. The number of aliphatic carboxylic acids is 1. The van der Waals surface area contributed by atoms with Gasteiger partial charge < -0.3 is 5.11 Å². The van der Waals surface area contributed by atoms with Crippen LogP contribution in [0.3, 0.4) is 0 Å². The quantitative estimate of drug-likeness (QED) is 0.943. The van der Waals surface area contributed by atoms with E-state index < -0.39 is 11.9 Å². The smallest absolute Gasteiger partial charge is 0.311 e. The second-order valence-electron chi connectivity index (χ2n) is 4.01. The first kappa shape index (κ1) is 12.8. The minimum atomic E-state index is -0.818. The molecule has 0 aliphatic carbocycles. The maximum atomic E-state index is 11.4. The number of carboxylic acid groups (broad SMARTS) is 1. The molecule has 0 aliphatic heterocycles. The fraction of sp³-hybridized carbons (Fsp3) is 0.143. The van der Waals surface area contributed by atoms with E-state index in [1.807, 2.05) is 36.4 Å². The molecule has 0 aliphatic rings. The number of nitrogens with zero attached hydrogens (tertiary/aromatic N) is 1. The Kier molecular flexibility index (Phi) is 4.10. The van der Waals surface area contributed by atoms with Crippen LogP contribution in [0.1, 0.15) is 17.0 Å². The van der Waals surface area contributed by atoms with Crippen LogP contribution in [0, 0.1) is 0 Å². The number of hydrogen-bond donors (Lipinski definition) is 1. The van der Waals surface area contributed by atoms with Gasteiger partial charge in [0.05, 0.1) is 5.92 Å². The summed E-state index contributed by atoms with van der Waals surface area (Å²) in [4.78, 5) is 15.4. The van der Waals surface area contributed by atoms with Crippen molar-refractivity contribution in [2.24, 2.45) is 0 Å². The largest absolute Gasteiger partial charge is 0.481 e. The summed E-state index contributed by atoms with van der Waals surface area (Å²) in [6.45, 7) is 0. The molecule has 3 nitrogen and oxygen atoms in total. The van der Waals surface area contributed by atoms with Crippen LogP contribution in [0.15, 0.2) is 53.3 Å². The molecule has 1 atom stereocenters. The molecule has 1 heterocycles. The number of benzene rings is 1. The summed E-state index contributed by atoms with van der Waals surface area (Å²) in [7, 11) is 0. The summed E-state index contributed by atoms with van der Waals surface area (Å²) in [6, 6.07) is 11.1. The van der Waals surface area contributed by atoms with Crippen LogP contribution in [0.5, 0.6) is 0 Å². The third-order valence-electron chi connectivity index (χ3n) is 2.73. The SMILES string of the molecule is O=C(O)C(Cc1cccnc1)c1ccc(Br)cc1. The molecule has 92 valence electrons. The van der Waals surface area contributed by atoms with Crippen LogP contribution in [0.25, 0.3) is 0 Å². The predicted molar refractivity (Wildman–Crippen MR) is 72.5 cm³/mol. The highest BCUT2D eigenvalue weighted by Crippen LogP contribution is 2.22. The highest BCUT2D eigenvalue weighted by atomic mass is 79.9. The normalized spacial score (nSPS) is 12.1. The van der Waals surface area contributed by atoms with Crippen molar-refractivity contribution in [3.8, 4) is 0 Å². The van der Waals surface area contributed by atoms with Gasteiger partial charge in [-0.25, -0.2) is 0 Å². The third kappa shape index (κ3) is 3.17. The van der Waals surface area contributed by atoms with E-state index in [0.717, 1.165) is 15.6 Å². The molecular formula is C14H12BrNO2. The Balaban J connectivity index is 2.24. The Morgan fingerprint density at radius 2 is 2.00 bits per heavy atom. The van der Waals surface area contributed by atoms with Crippen molar-refractivity contribution in [1.82, 2.24) is 4.98 Å². The first-order valence-electron chi connectivity index (χ1n) is 5.54. The summed E-state index contributed by atoms with van der Waals surface area (Å²) >= 11 is 3.34. The molecule has 0 radical (unpaired) electrons. The van der Waals surface area contributed by atoms with Gasteiger partial charge >= 0.3 is 5.97 Å². The minimum absolute atomic E-state index is 0.449. The van der Waals surface area contributed by atoms with Gasteiger partial charge in [-0.3, -0.25) is 9.78 Å². The van der Waals surface area contributed by atoms with Gasteiger partial charge in [0.15, 0.2) is 0 Å². The molecule has 0 saturated heterocycles. The lowest BCUT2D eigenvalue weighted by atomic mass is 9.93. The fourth-order valence-corrected chi connectivity index (χ4v) is 2.06. The molecule has 0 amide bonds. The van der Waals surface area contributed by atoms with Crippen molar-refractivity contribution < 1.29 is 9.90 Å². The van der Waals surface area contributed by atoms with Gasteiger partial charge in [0, 0.05) is 16.9 Å². The van der Waals surface area contributed by atoms with Gasteiger partial charge in [-0.1, -0.05) is 34.1 Å². The number of halogens is 1. The van der Waals surface area contributed by atoms with Crippen molar-refractivity contribution in [3.63, 3.8) is 0 Å². The second kappa shape index (κ2) is 5.78. The standard InChI is InChI=1S/C14H12BrNO2/c15-12-5-3-11(4-6-12)13(14(17)18)8-10-2-1-7-16-9-10/h1-7,9,13H,8H2,(H,17,18). The Bertz CT molecular complexity index is 525. The van der Waals surface area contributed by atoms with E-state index in [2.05, 4.69) is 20.9 Å². The maximum absolute atomic E-state index is 11.4. The van der Waals surface area contributed by atoms with Gasteiger partial charge in [-0.15, -0.1) is 0 Å². The van der Waals surface area contributed by atoms with Gasteiger partial charge in [0.25, 0.3) is 0 Å². The predicted octanol–water partition coefficient (Wildman–Crippen LogP) is 3.26. The summed E-state index contributed by atoms with van der Waals surface area (Å²) in [6.07, 6.45) is 3.83. The van der Waals surface area contributed by atoms with E-state index in [4.69, 9.17) is 0 Å². The summed E-state index contributed by atoms with van der Waals surface area (Å²) < 4.78 is 0.941. The second-order valence-corrected chi connectivity index (χ2v) is 4.92. The van der Waals surface area contributed by atoms with E-state index in [-0.39, 0.29) is 0 Å². The van der Waals surface area contributed by atoms with Gasteiger partial charge in [-0.05, 0) is 35.7 Å². The molecule has 0 spiro atoms. The van der Waals surface area contributed by atoms with E-state index in [9.17, 15) is 9.90 Å². The van der Waals surface area contributed by atoms with Crippen LogP contribution in [0.4, 0.5) is 0 Å².